The first kappa shape index (κ1) is 55.9. The first-order valence-electron chi connectivity index (χ1n) is 22.8. The molecule has 390 valence electrons. The maximum absolute atomic E-state index is 13.9. The molecular weight excluding hydrogens is 1010 g/mol. The van der Waals surface area contributed by atoms with Gasteiger partial charge in [-0.05, 0) is 98.0 Å². The zero-order chi connectivity index (χ0) is 53.3. The summed E-state index contributed by atoms with van der Waals surface area (Å²) in [5.74, 6) is -9.34. The van der Waals surface area contributed by atoms with Crippen LogP contribution in [0, 0.1) is 48.8 Å². The van der Waals surface area contributed by atoms with Crippen LogP contribution in [0.5, 0.6) is 11.5 Å². The molecule has 0 spiro atoms. The molecule has 2 aliphatic rings. The molecule has 1 N–H and O–H groups in total. The van der Waals surface area contributed by atoms with Crippen LogP contribution in [0.25, 0.3) is 11.4 Å². The molecule has 5 atom stereocenters. The van der Waals surface area contributed by atoms with Crippen LogP contribution in [0.4, 0.5) is 26.3 Å². The number of ketones is 1. The molecule has 2 saturated heterocycles. The highest BCUT2D eigenvalue weighted by molar-refractivity contribution is 6.40. The molecule has 4 heterocycles. The predicted molar refractivity (Wildman–Crippen MR) is 257 cm³/mol. The summed E-state index contributed by atoms with van der Waals surface area (Å²) in [6.07, 6.45) is 3.51. The lowest BCUT2D eigenvalue weighted by atomic mass is 9.97. The SMILES string of the molecule is CCC(c1cc(F)c(F)c(F)c1)N1CCOC(C(=O)c2ccc(-n3cnc(C)c3)c(OC)c2)C1=O.CCC(c1cc(F)c(F)c(F)c1)N1CCOC(C(O)c2ccc(-n3cnc(C)c3)c(OC)c2)C1=O.ClCCl. The quantitative estimate of drug-likeness (QED) is 0.0367. The van der Waals surface area contributed by atoms with Crippen molar-refractivity contribution in [1.29, 1.82) is 0 Å². The lowest BCUT2D eigenvalue weighted by Gasteiger charge is -2.39. The van der Waals surface area contributed by atoms with Gasteiger partial charge in [0.25, 0.3) is 11.8 Å². The van der Waals surface area contributed by atoms with Gasteiger partial charge < -0.3 is 43.0 Å². The maximum Gasteiger partial charge on any atom is 0.260 e. The molecule has 0 radical (unpaired) electrons. The van der Waals surface area contributed by atoms with E-state index in [9.17, 15) is 45.8 Å². The molecule has 8 rings (SSSR count). The van der Waals surface area contributed by atoms with Crippen molar-refractivity contribution in [2.75, 3.05) is 45.9 Å². The number of rotatable bonds is 14. The van der Waals surface area contributed by atoms with Crippen LogP contribution in [0.1, 0.15) is 83.3 Å². The Balaban J connectivity index is 0.000000226. The van der Waals surface area contributed by atoms with E-state index in [-0.39, 0.29) is 48.3 Å². The Morgan fingerprint density at radius 2 is 1.12 bits per heavy atom. The monoisotopic (exact) mass is 1060 g/mol. The van der Waals surface area contributed by atoms with Gasteiger partial charge in [-0.15, -0.1) is 23.2 Å². The smallest absolute Gasteiger partial charge is 0.260 e. The molecular formula is C51H52Cl2F6N6O8. The lowest BCUT2D eigenvalue weighted by molar-refractivity contribution is -0.167. The zero-order valence-corrected chi connectivity index (χ0v) is 41.9. The summed E-state index contributed by atoms with van der Waals surface area (Å²) in [6, 6.07) is 11.8. The number of Topliss-reactive ketones (excluding diaryl/α,β-unsaturated/α-hetero) is 1. The Morgan fingerprint density at radius 3 is 1.56 bits per heavy atom. The van der Waals surface area contributed by atoms with Crippen LogP contribution >= 0.6 is 23.2 Å². The van der Waals surface area contributed by atoms with Crippen molar-refractivity contribution in [3.8, 4) is 22.9 Å². The fraction of sp³-hybridized carbons (Fsp3) is 0.353. The minimum absolute atomic E-state index is 0.0499. The number of ether oxygens (including phenoxy) is 4. The van der Waals surface area contributed by atoms with Crippen molar-refractivity contribution < 1.29 is 64.8 Å². The highest BCUT2D eigenvalue weighted by Gasteiger charge is 2.41. The average Bonchev–Trinajstić information content (AvgIpc) is 4.03. The lowest BCUT2D eigenvalue weighted by Crippen LogP contribution is -2.52. The van der Waals surface area contributed by atoms with Gasteiger partial charge >= 0.3 is 0 Å². The summed E-state index contributed by atoms with van der Waals surface area (Å²) >= 11 is 9.53. The Morgan fingerprint density at radius 1 is 0.685 bits per heavy atom. The first-order valence-corrected chi connectivity index (χ1v) is 23.8. The number of carbonyl (C=O) groups is 3. The molecule has 0 bridgehead atoms. The second-order valence-electron chi connectivity index (χ2n) is 16.6. The number of imidazole rings is 2. The average molecular weight is 1060 g/mol. The number of aromatic nitrogens is 4. The standard InChI is InChI=1S/C25H26F3N3O4.C25H24F3N3O4.CH2Cl2/c2*1-4-19(16-9-17(26)22(28)18(27)10-16)31-7-8-35-24(25(31)33)23(32)15-5-6-20(21(11-15)34-3)30-12-14(2)29-13-30;2-1-3/h5-6,9-13,19,23-24,32H,4,7-8H2,1-3H3;5-6,9-13,19,24H,4,7-8H2,1-3H3;1H2. The van der Waals surface area contributed by atoms with Gasteiger partial charge in [-0.1, -0.05) is 19.9 Å². The Bertz CT molecular complexity index is 2880. The number of halogens is 8. The number of alkyl halides is 2. The summed E-state index contributed by atoms with van der Waals surface area (Å²) in [7, 11) is 2.96. The number of carbonyl (C=O) groups excluding carboxylic acids is 3. The maximum atomic E-state index is 13.9. The number of morpholine rings is 2. The van der Waals surface area contributed by atoms with E-state index in [2.05, 4.69) is 9.97 Å². The third-order valence-electron chi connectivity index (χ3n) is 12.1. The molecule has 6 aromatic rings. The van der Waals surface area contributed by atoms with E-state index in [0.717, 1.165) is 35.7 Å². The number of amides is 2. The largest absolute Gasteiger partial charge is 0.495 e. The number of aliphatic hydroxyl groups is 1. The normalized spacial score (nSPS) is 17.0. The van der Waals surface area contributed by atoms with Crippen molar-refractivity contribution in [2.45, 2.75) is 70.9 Å². The summed E-state index contributed by atoms with van der Waals surface area (Å²) in [6.45, 7) is 7.61. The van der Waals surface area contributed by atoms with E-state index >= 15 is 0 Å². The van der Waals surface area contributed by atoms with Gasteiger partial charge in [-0.3, -0.25) is 14.4 Å². The van der Waals surface area contributed by atoms with Crippen LogP contribution in [-0.4, -0.2) is 110 Å². The van der Waals surface area contributed by atoms with Crippen molar-refractivity contribution in [3.05, 3.63) is 154 Å². The summed E-state index contributed by atoms with van der Waals surface area (Å²) in [5, 5.41) is 11.2. The number of aryl methyl sites for hydroxylation is 2. The van der Waals surface area contributed by atoms with Crippen LogP contribution in [0.2, 0.25) is 0 Å². The Hall–Kier alpha value is -6.45. The summed E-state index contributed by atoms with van der Waals surface area (Å²) in [4.78, 5) is 51.0. The highest BCUT2D eigenvalue weighted by atomic mass is 35.5. The van der Waals surface area contributed by atoms with Crippen LogP contribution in [0.15, 0.2) is 85.7 Å². The van der Waals surface area contributed by atoms with Gasteiger partial charge in [0, 0.05) is 31.0 Å². The van der Waals surface area contributed by atoms with E-state index < -0.39 is 82.9 Å². The van der Waals surface area contributed by atoms with Gasteiger partial charge in [-0.25, -0.2) is 36.3 Å². The molecule has 2 amide bonds. The van der Waals surface area contributed by atoms with E-state index in [4.69, 9.17) is 42.1 Å². The summed E-state index contributed by atoms with van der Waals surface area (Å²) < 4.78 is 108. The van der Waals surface area contributed by atoms with Crippen molar-refractivity contribution in [3.63, 3.8) is 0 Å². The topological polar surface area (TPSA) is 150 Å². The van der Waals surface area contributed by atoms with Crippen molar-refractivity contribution in [1.82, 2.24) is 28.9 Å². The molecule has 14 nitrogen and oxygen atoms in total. The van der Waals surface area contributed by atoms with Crippen LogP contribution < -0.4 is 9.47 Å². The molecule has 0 saturated carbocycles. The molecule has 2 aromatic heterocycles. The van der Waals surface area contributed by atoms with Crippen molar-refractivity contribution in [2.24, 2.45) is 0 Å². The highest BCUT2D eigenvalue weighted by Crippen LogP contribution is 2.35. The van der Waals surface area contributed by atoms with Gasteiger partial charge in [0.1, 0.15) is 17.6 Å². The van der Waals surface area contributed by atoms with Crippen molar-refractivity contribution >= 4 is 40.8 Å². The second-order valence-corrected chi connectivity index (χ2v) is 17.4. The number of aliphatic hydroxyl groups excluding tert-OH is 1. The first-order chi connectivity index (χ1) is 34.9. The zero-order valence-electron chi connectivity index (χ0n) is 40.4. The molecule has 0 aliphatic carbocycles. The van der Waals surface area contributed by atoms with Gasteiger partial charge in [0.05, 0.1) is 80.3 Å². The van der Waals surface area contributed by atoms with E-state index in [1.807, 2.05) is 20.0 Å². The molecule has 2 aliphatic heterocycles. The van der Waals surface area contributed by atoms with E-state index in [0.29, 0.717) is 41.3 Å². The number of methoxy groups -OCH3 is 2. The number of hydrogen-bond acceptors (Lipinski definition) is 10. The number of benzene rings is 4. The fourth-order valence-electron chi connectivity index (χ4n) is 8.63. The van der Waals surface area contributed by atoms with Crippen LogP contribution in [-0.2, 0) is 19.1 Å². The number of nitrogens with zero attached hydrogens (tertiary/aromatic N) is 6. The van der Waals surface area contributed by atoms with Gasteiger partial charge in [0.15, 0.2) is 47.1 Å². The van der Waals surface area contributed by atoms with E-state index in [1.165, 1.54) is 30.1 Å². The Labute approximate surface area is 427 Å². The minimum Gasteiger partial charge on any atom is -0.495 e. The minimum atomic E-state index is -1.58. The Kier molecular flexibility index (Phi) is 19.1. The third-order valence-corrected chi connectivity index (χ3v) is 12.1. The second kappa shape index (κ2) is 25.0. The summed E-state index contributed by atoms with van der Waals surface area (Å²) in [5.41, 5.74) is 3.83. The molecule has 22 heteroatoms. The van der Waals surface area contributed by atoms with Gasteiger partial charge in [-0.2, -0.15) is 0 Å². The number of hydrogen-bond donors (Lipinski definition) is 1. The predicted octanol–water partition coefficient (Wildman–Crippen LogP) is 9.61. The molecule has 5 unspecified atom stereocenters. The fourth-order valence-corrected chi connectivity index (χ4v) is 8.63. The van der Waals surface area contributed by atoms with Crippen LogP contribution in [0.3, 0.4) is 0 Å². The molecule has 73 heavy (non-hydrogen) atoms. The third kappa shape index (κ3) is 12.5. The van der Waals surface area contributed by atoms with Gasteiger partial charge in [0.2, 0.25) is 5.78 Å². The molecule has 4 aromatic carbocycles. The van der Waals surface area contributed by atoms with E-state index in [1.54, 1.807) is 72.2 Å². The molecule has 2 fully saturated rings.